The molecule has 5 heteroatoms. The van der Waals surface area contributed by atoms with E-state index in [1.807, 2.05) is 31.2 Å². The summed E-state index contributed by atoms with van der Waals surface area (Å²) in [5, 5.41) is 11.9. The molecule has 0 spiro atoms. The Morgan fingerprint density at radius 3 is 2.38 bits per heavy atom. The van der Waals surface area contributed by atoms with E-state index in [1.54, 1.807) is 13.8 Å². The Hall–Kier alpha value is -2.04. The number of hydrogen-bond acceptors (Lipinski definition) is 3. The molecule has 21 heavy (non-hydrogen) atoms. The fourth-order valence-electron chi connectivity index (χ4n) is 2.08. The van der Waals surface area contributed by atoms with E-state index in [4.69, 9.17) is 4.74 Å². The van der Waals surface area contributed by atoms with Gasteiger partial charge in [-0.15, -0.1) is 0 Å². The lowest BCUT2D eigenvalue weighted by molar-refractivity contribution is -0.148. The number of carbonyl (C=O) groups is 2. The van der Waals surface area contributed by atoms with E-state index in [0.29, 0.717) is 12.8 Å². The van der Waals surface area contributed by atoms with E-state index in [9.17, 15) is 14.7 Å². The molecular formula is C16H23NO4. The predicted molar refractivity (Wildman–Crippen MR) is 80.4 cm³/mol. The number of carbonyl (C=O) groups excluding carboxylic acids is 1. The summed E-state index contributed by atoms with van der Waals surface area (Å²) < 4.78 is 5.54. The highest BCUT2D eigenvalue weighted by molar-refractivity contribution is 5.86. The largest absolute Gasteiger partial charge is 0.493 e. The van der Waals surface area contributed by atoms with Crippen LogP contribution in [-0.4, -0.2) is 29.1 Å². The van der Waals surface area contributed by atoms with Crippen molar-refractivity contribution in [1.29, 1.82) is 0 Å². The summed E-state index contributed by atoms with van der Waals surface area (Å²) in [5.41, 5.74) is -0.181. The first-order valence-electron chi connectivity index (χ1n) is 7.18. The number of aryl methyl sites for hydroxylation is 1. The van der Waals surface area contributed by atoms with Gasteiger partial charge in [-0.2, -0.15) is 0 Å². The molecule has 0 atom stereocenters. The topological polar surface area (TPSA) is 75.6 Å². The number of ether oxygens (including phenoxy) is 1. The Kier molecular flexibility index (Phi) is 6.21. The molecule has 0 unspecified atom stereocenters. The van der Waals surface area contributed by atoms with Crippen molar-refractivity contribution in [3.05, 3.63) is 29.8 Å². The smallest absolute Gasteiger partial charge is 0.329 e. The summed E-state index contributed by atoms with van der Waals surface area (Å²) in [4.78, 5) is 23.2. The standard InChI is InChI=1S/C16H23NO4/c1-4-16(5-2,15(19)20)17-14(18)10-11-21-13-9-7-6-8-12(13)3/h6-9H,4-5,10-11H2,1-3H3,(H,17,18)(H,19,20). The fraction of sp³-hybridized carbons (Fsp3) is 0.500. The third-order valence-corrected chi connectivity index (χ3v) is 3.68. The molecule has 0 saturated heterocycles. The molecule has 1 rings (SSSR count). The average molecular weight is 293 g/mol. The van der Waals surface area contributed by atoms with E-state index < -0.39 is 11.5 Å². The molecule has 0 bridgehead atoms. The maximum atomic E-state index is 11.9. The van der Waals surface area contributed by atoms with Crippen LogP contribution in [0.3, 0.4) is 0 Å². The zero-order chi connectivity index (χ0) is 15.9. The van der Waals surface area contributed by atoms with E-state index in [-0.39, 0.29) is 18.9 Å². The van der Waals surface area contributed by atoms with Crippen LogP contribution in [0.1, 0.15) is 38.7 Å². The molecule has 1 amide bonds. The van der Waals surface area contributed by atoms with Gasteiger partial charge in [-0.3, -0.25) is 4.79 Å². The number of carboxylic acid groups (broad SMARTS) is 1. The Labute approximate surface area is 125 Å². The van der Waals surface area contributed by atoms with Gasteiger partial charge in [-0.05, 0) is 31.4 Å². The summed E-state index contributed by atoms with van der Waals surface area (Å²) in [6, 6.07) is 7.55. The van der Waals surface area contributed by atoms with Gasteiger partial charge in [0.05, 0.1) is 13.0 Å². The maximum Gasteiger partial charge on any atom is 0.329 e. The Morgan fingerprint density at radius 2 is 1.86 bits per heavy atom. The average Bonchev–Trinajstić information content (AvgIpc) is 2.46. The van der Waals surface area contributed by atoms with E-state index in [2.05, 4.69) is 5.32 Å². The number of rotatable bonds is 8. The number of carboxylic acids is 1. The van der Waals surface area contributed by atoms with Crippen LogP contribution in [0.15, 0.2) is 24.3 Å². The second kappa shape index (κ2) is 7.67. The first kappa shape index (κ1) is 17.0. The molecule has 5 nitrogen and oxygen atoms in total. The first-order chi connectivity index (χ1) is 9.95. The fourth-order valence-corrected chi connectivity index (χ4v) is 2.08. The van der Waals surface area contributed by atoms with E-state index in [1.165, 1.54) is 0 Å². The van der Waals surface area contributed by atoms with Crippen molar-refractivity contribution in [1.82, 2.24) is 5.32 Å². The van der Waals surface area contributed by atoms with Gasteiger partial charge in [0.1, 0.15) is 11.3 Å². The van der Waals surface area contributed by atoms with Crippen molar-refractivity contribution < 1.29 is 19.4 Å². The third-order valence-electron chi connectivity index (χ3n) is 3.68. The summed E-state index contributed by atoms with van der Waals surface area (Å²) in [6.07, 6.45) is 0.829. The molecule has 0 radical (unpaired) electrons. The van der Waals surface area contributed by atoms with E-state index in [0.717, 1.165) is 11.3 Å². The maximum absolute atomic E-state index is 11.9. The zero-order valence-corrected chi connectivity index (χ0v) is 12.8. The molecule has 0 fully saturated rings. The van der Waals surface area contributed by atoms with Gasteiger partial charge in [0.15, 0.2) is 0 Å². The highest BCUT2D eigenvalue weighted by Gasteiger charge is 2.36. The minimum Gasteiger partial charge on any atom is -0.493 e. The SMILES string of the molecule is CCC(CC)(NC(=O)CCOc1ccccc1C)C(=O)O. The Morgan fingerprint density at radius 1 is 1.24 bits per heavy atom. The van der Waals surface area contributed by atoms with Crippen LogP contribution in [0.25, 0.3) is 0 Å². The van der Waals surface area contributed by atoms with Crippen molar-refractivity contribution >= 4 is 11.9 Å². The van der Waals surface area contributed by atoms with Crippen LogP contribution in [0.5, 0.6) is 5.75 Å². The molecule has 0 heterocycles. The number of benzene rings is 1. The lowest BCUT2D eigenvalue weighted by Gasteiger charge is -2.28. The monoisotopic (exact) mass is 293 g/mol. The first-order valence-corrected chi connectivity index (χ1v) is 7.18. The molecule has 2 N–H and O–H groups in total. The summed E-state index contributed by atoms with van der Waals surface area (Å²) in [6.45, 7) is 5.66. The lowest BCUT2D eigenvalue weighted by Crippen LogP contribution is -2.53. The van der Waals surface area contributed by atoms with E-state index >= 15 is 0 Å². The van der Waals surface area contributed by atoms with Crippen LogP contribution in [0.4, 0.5) is 0 Å². The number of nitrogens with one attached hydrogen (secondary N) is 1. The zero-order valence-electron chi connectivity index (χ0n) is 12.8. The van der Waals surface area contributed by atoms with Crippen LogP contribution < -0.4 is 10.1 Å². The molecule has 116 valence electrons. The highest BCUT2D eigenvalue weighted by Crippen LogP contribution is 2.17. The summed E-state index contributed by atoms with van der Waals surface area (Å²) in [7, 11) is 0. The summed E-state index contributed by atoms with van der Waals surface area (Å²) in [5.74, 6) is -0.573. The van der Waals surface area contributed by atoms with Crippen molar-refractivity contribution in [2.75, 3.05) is 6.61 Å². The lowest BCUT2D eigenvalue weighted by atomic mass is 9.93. The second-order valence-corrected chi connectivity index (χ2v) is 5.01. The van der Waals surface area contributed by atoms with Crippen molar-refractivity contribution in [3.63, 3.8) is 0 Å². The molecule has 0 aromatic heterocycles. The second-order valence-electron chi connectivity index (χ2n) is 5.01. The summed E-state index contributed by atoms with van der Waals surface area (Å²) >= 11 is 0. The number of aliphatic carboxylic acids is 1. The van der Waals surface area contributed by atoms with Crippen molar-refractivity contribution in [2.45, 2.75) is 45.6 Å². The molecular weight excluding hydrogens is 270 g/mol. The van der Waals surface area contributed by atoms with Gasteiger partial charge in [0.2, 0.25) is 5.91 Å². The van der Waals surface area contributed by atoms with Crippen molar-refractivity contribution in [2.24, 2.45) is 0 Å². The number of para-hydroxylation sites is 1. The molecule has 1 aromatic carbocycles. The number of hydrogen-bond donors (Lipinski definition) is 2. The minimum atomic E-state index is -1.18. The number of amides is 1. The third kappa shape index (κ3) is 4.48. The molecule has 0 aliphatic heterocycles. The minimum absolute atomic E-state index is 0.128. The molecule has 0 saturated carbocycles. The normalized spacial score (nSPS) is 11.0. The molecule has 0 aliphatic carbocycles. The van der Waals surface area contributed by atoms with Crippen LogP contribution in [-0.2, 0) is 9.59 Å². The van der Waals surface area contributed by atoms with Crippen LogP contribution >= 0.6 is 0 Å². The molecule has 1 aromatic rings. The highest BCUT2D eigenvalue weighted by atomic mass is 16.5. The molecule has 0 aliphatic rings. The van der Waals surface area contributed by atoms with Gasteiger partial charge in [-0.1, -0.05) is 32.0 Å². The predicted octanol–water partition coefficient (Wildman–Crippen LogP) is 2.52. The van der Waals surface area contributed by atoms with Crippen LogP contribution in [0, 0.1) is 6.92 Å². The van der Waals surface area contributed by atoms with Gasteiger partial charge in [0, 0.05) is 0 Å². The van der Waals surface area contributed by atoms with Gasteiger partial charge in [0.25, 0.3) is 0 Å². The Bertz CT molecular complexity index is 495. The quantitative estimate of drug-likeness (QED) is 0.772. The van der Waals surface area contributed by atoms with Gasteiger partial charge < -0.3 is 15.2 Å². The van der Waals surface area contributed by atoms with Crippen molar-refractivity contribution in [3.8, 4) is 5.75 Å². The van der Waals surface area contributed by atoms with Gasteiger partial charge >= 0.3 is 5.97 Å². The van der Waals surface area contributed by atoms with Gasteiger partial charge in [-0.25, -0.2) is 4.79 Å². The van der Waals surface area contributed by atoms with Crippen LogP contribution in [0.2, 0.25) is 0 Å². The Balaban J connectivity index is 2.51.